The zero-order valence-corrected chi connectivity index (χ0v) is 9.43. The summed E-state index contributed by atoms with van der Waals surface area (Å²) in [6.07, 6.45) is -4.17. The third kappa shape index (κ3) is 2.99. The van der Waals surface area contributed by atoms with Crippen molar-refractivity contribution in [1.29, 1.82) is 0 Å². The second kappa shape index (κ2) is 4.39. The average molecular weight is 242 g/mol. The largest absolute Gasteiger partial charge is 0.389 e. The van der Waals surface area contributed by atoms with Gasteiger partial charge in [-0.3, -0.25) is 0 Å². The fourth-order valence-corrected chi connectivity index (χ4v) is 1.71. The summed E-state index contributed by atoms with van der Waals surface area (Å²) in [5.74, 6) is 0.394. The van der Waals surface area contributed by atoms with Crippen LogP contribution in [0.1, 0.15) is 24.7 Å². The van der Waals surface area contributed by atoms with E-state index in [0.29, 0.717) is 5.82 Å². The highest BCUT2D eigenvalue weighted by Crippen LogP contribution is 2.22. The van der Waals surface area contributed by atoms with Gasteiger partial charge < -0.3 is 4.98 Å². The van der Waals surface area contributed by atoms with Gasteiger partial charge in [0.2, 0.25) is 0 Å². The first-order chi connectivity index (χ1) is 7.98. The van der Waals surface area contributed by atoms with E-state index in [1.54, 1.807) is 0 Å². The first-order valence-corrected chi connectivity index (χ1v) is 5.52. The number of aromatic nitrogens is 2. The lowest BCUT2D eigenvalue weighted by atomic mass is 10.1. The predicted octanol–water partition coefficient (Wildman–Crippen LogP) is 3.62. The number of hydrogen-bond acceptors (Lipinski definition) is 1. The molecule has 0 unspecified atom stereocenters. The number of imidazole rings is 1. The second-order valence-corrected chi connectivity index (χ2v) is 4.00. The highest BCUT2D eigenvalue weighted by molar-refractivity contribution is 5.75. The van der Waals surface area contributed by atoms with Gasteiger partial charge in [0.15, 0.2) is 0 Å². The fourth-order valence-electron chi connectivity index (χ4n) is 1.71. The molecule has 17 heavy (non-hydrogen) atoms. The summed E-state index contributed by atoms with van der Waals surface area (Å²) in [6, 6.07) is 5.71. The molecule has 0 bridgehead atoms. The molecule has 0 fully saturated rings. The normalized spacial score (nSPS) is 12.2. The molecule has 2 rings (SSSR count). The molecule has 5 heteroatoms. The third-order valence-electron chi connectivity index (χ3n) is 2.65. The highest BCUT2D eigenvalue weighted by atomic mass is 19.4. The van der Waals surface area contributed by atoms with Crippen molar-refractivity contribution in [1.82, 2.24) is 9.97 Å². The van der Waals surface area contributed by atoms with Crippen LogP contribution in [0.25, 0.3) is 11.0 Å². The van der Waals surface area contributed by atoms with Crippen molar-refractivity contribution in [2.45, 2.75) is 32.4 Å². The van der Waals surface area contributed by atoms with Gasteiger partial charge in [0, 0.05) is 6.42 Å². The molecule has 1 N–H and O–H groups in total. The number of nitrogens with one attached hydrogen (secondary N) is 1. The molecule has 0 amide bonds. The molecular weight excluding hydrogens is 229 g/mol. The van der Waals surface area contributed by atoms with Crippen molar-refractivity contribution in [2.24, 2.45) is 0 Å². The molecule has 1 aromatic carbocycles. The minimum Gasteiger partial charge on any atom is -0.342 e. The van der Waals surface area contributed by atoms with Gasteiger partial charge in [-0.05, 0) is 24.1 Å². The minimum absolute atomic E-state index is 0.0976. The van der Waals surface area contributed by atoms with Gasteiger partial charge in [-0.15, -0.1) is 0 Å². The van der Waals surface area contributed by atoms with Crippen molar-refractivity contribution in [2.75, 3.05) is 0 Å². The van der Waals surface area contributed by atoms with E-state index in [1.165, 1.54) is 0 Å². The highest BCUT2D eigenvalue weighted by Gasteiger charge is 2.27. The summed E-state index contributed by atoms with van der Waals surface area (Å²) >= 11 is 0. The molecule has 92 valence electrons. The molecule has 1 heterocycles. The molecule has 0 saturated heterocycles. The molecule has 0 aliphatic carbocycles. The number of benzene rings is 1. The molecule has 0 aliphatic rings. The number of H-pyrrole nitrogens is 1. The van der Waals surface area contributed by atoms with E-state index >= 15 is 0 Å². The van der Waals surface area contributed by atoms with Gasteiger partial charge in [0.25, 0.3) is 0 Å². The van der Waals surface area contributed by atoms with Gasteiger partial charge in [-0.25, -0.2) is 4.98 Å². The van der Waals surface area contributed by atoms with E-state index in [0.717, 1.165) is 23.0 Å². The number of nitrogens with zero attached hydrogens (tertiary/aromatic N) is 1. The van der Waals surface area contributed by atoms with Gasteiger partial charge in [0.1, 0.15) is 5.82 Å². The van der Waals surface area contributed by atoms with E-state index in [1.807, 2.05) is 25.1 Å². The number of hydrogen-bond donors (Lipinski definition) is 1. The molecular formula is C12H13F3N2. The maximum absolute atomic E-state index is 12.1. The monoisotopic (exact) mass is 242 g/mol. The van der Waals surface area contributed by atoms with E-state index in [2.05, 4.69) is 9.97 Å². The quantitative estimate of drug-likeness (QED) is 0.874. The van der Waals surface area contributed by atoms with Crippen LogP contribution >= 0.6 is 0 Å². The van der Waals surface area contributed by atoms with Gasteiger partial charge in [0.05, 0.1) is 17.5 Å². The SMILES string of the molecule is CCc1ccc2nc(CCC(F)(F)F)[nH]c2c1. The summed E-state index contributed by atoms with van der Waals surface area (Å²) in [6.45, 7) is 2.03. The van der Waals surface area contributed by atoms with Crippen molar-refractivity contribution in [3.8, 4) is 0 Å². The van der Waals surface area contributed by atoms with Crippen molar-refractivity contribution in [3.63, 3.8) is 0 Å². The Kier molecular flexibility index (Phi) is 3.09. The van der Waals surface area contributed by atoms with Crippen molar-refractivity contribution in [3.05, 3.63) is 29.6 Å². The molecule has 2 nitrogen and oxygen atoms in total. The Balaban J connectivity index is 2.20. The van der Waals surface area contributed by atoms with Crippen LogP contribution in [0.3, 0.4) is 0 Å². The molecule has 2 aromatic rings. The number of fused-ring (bicyclic) bond motifs is 1. The fraction of sp³-hybridized carbons (Fsp3) is 0.417. The number of halogens is 3. The Morgan fingerprint density at radius 1 is 1.29 bits per heavy atom. The summed E-state index contributed by atoms with van der Waals surface area (Å²) in [5, 5.41) is 0. The molecule has 0 spiro atoms. The van der Waals surface area contributed by atoms with Crippen LogP contribution in [0.4, 0.5) is 13.2 Å². The Labute approximate surface area is 96.9 Å². The Morgan fingerprint density at radius 3 is 2.71 bits per heavy atom. The average Bonchev–Trinajstić information content (AvgIpc) is 2.66. The van der Waals surface area contributed by atoms with Crippen molar-refractivity contribution < 1.29 is 13.2 Å². The van der Waals surface area contributed by atoms with E-state index in [-0.39, 0.29) is 6.42 Å². The van der Waals surface area contributed by atoms with Crippen LogP contribution in [0.2, 0.25) is 0 Å². The third-order valence-corrected chi connectivity index (χ3v) is 2.65. The van der Waals surface area contributed by atoms with Crippen LogP contribution in [0.15, 0.2) is 18.2 Å². The van der Waals surface area contributed by atoms with Crippen LogP contribution in [-0.4, -0.2) is 16.1 Å². The molecule has 0 saturated carbocycles. The molecule has 1 aromatic heterocycles. The lowest BCUT2D eigenvalue weighted by Gasteiger charge is -2.02. The smallest absolute Gasteiger partial charge is 0.342 e. The number of rotatable bonds is 3. The van der Waals surface area contributed by atoms with Crippen molar-refractivity contribution >= 4 is 11.0 Å². The zero-order valence-electron chi connectivity index (χ0n) is 9.43. The number of aromatic amines is 1. The summed E-state index contributed by atoms with van der Waals surface area (Å²) in [5.41, 5.74) is 2.67. The number of aryl methyl sites for hydroxylation is 2. The van der Waals surface area contributed by atoms with Crippen LogP contribution < -0.4 is 0 Å². The molecule has 0 atom stereocenters. The van der Waals surface area contributed by atoms with Gasteiger partial charge in [-0.1, -0.05) is 13.0 Å². The Bertz CT molecular complexity index is 514. The van der Waals surface area contributed by atoms with E-state index in [4.69, 9.17) is 0 Å². The molecule has 0 aliphatic heterocycles. The van der Waals surface area contributed by atoms with Crippen LogP contribution in [0, 0.1) is 0 Å². The predicted molar refractivity (Wildman–Crippen MR) is 59.8 cm³/mol. The second-order valence-electron chi connectivity index (χ2n) is 4.00. The van der Waals surface area contributed by atoms with E-state index in [9.17, 15) is 13.2 Å². The van der Waals surface area contributed by atoms with Gasteiger partial charge >= 0.3 is 6.18 Å². The first-order valence-electron chi connectivity index (χ1n) is 5.52. The molecule has 0 radical (unpaired) electrons. The minimum atomic E-state index is -4.13. The Morgan fingerprint density at radius 2 is 2.06 bits per heavy atom. The zero-order chi connectivity index (χ0) is 12.5. The first kappa shape index (κ1) is 12.0. The van der Waals surface area contributed by atoms with Gasteiger partial charge in [-0.2, -0.15) is 13.2 Å². The standard InChI is InChI=1S/C12H13F3N2/c1-2-8-3-4-9-10(7-8)17-11(16-9)5-6-12(13,14)15/h3-4,7H,2,5-6H2,1H3,(H,16,17). The maximum atomic E-state index is 12.1. The number of alkyl halides is 3. The summed E-state index contributed by atoms with van der Waals surface area (Å²) in [7, 11) is 0. The van der Waals surface area contributed by atoms with E-state index < -0.39 is 12.6 Å². The topological polar surface area (TPSA) is 28.7 Å². The Hall–Kier alpha value is -1.52. The lowest BCUT2D eigenvalue weighted by molar-refractivity contribution is -0.134. The van der Waals surface area contributed by atoms with Crippen LogP contribution in [0.5, 0.6) is 0 Å². The maximum Gasteiger partial charge on any atom is 0.389 e. The summed E-state index contributed by atoms with van der Waals surface area (Å²) in [4.78, 5) is 7.07. The van der Waals surface area contributed by atoms with Crippen LogP contribution in [-0.2, 0) is 12.8 Å². The summed E-state index contributed by atoms with van der Waals surface area (Å²) < 4.78 is 36.2. The lowest BCUT2D eigenvalue weighted by Crippen LogP contribution is -2.09.